The number of allylic oxidation sites excluding steroid dienone is 2. The Bertz CT molecular complexity index is 784. The zero-order valence-corrected chi connectivity index (χ0v) is 18.7. The minimum Gasteiger partial charge on any atom is -0.496 e. The van der Waals surface area contributed by atoms with Crippen molar-refractivity contribution in [1.29, 1.82) is 0 Å². The van der Waals surface area contributed by atoms with Crippen molar-refractivity contribution in [2.24, 2.45) is 5.92 Å². The standard InChI is InChI=1S/C24H32O7/c1-17-9-5-6-10-18-11-7-13-20(28-3)23(18)24(26)31-19(12-8-14-22(25)29-4)15-21(17)30-16-27-2/h5-8,11,13-14,17,19,21H,9-10,12,15-16H2,1-4H3/b6-5+,14-8?/t17-,19?,21+/m0/s1. The summed E-state index contributed by atoms with van der Waals surface area (Å²) >= 11 is 0. The highest BCUT2D eigenvalue weighted by atomic mass is 16.7. The van der Waals surface area contributed by atoms with Crippen LogP contribution < -0.4 is 4.74 Å². The summed E-state index contributed by atoms with van der Waals surface area (Å²) in [6, 6.07) is 5.50. The van der Waals surface area contributed by atoms with Crippen LogP contribution in [-0.2, 0) is 30.2 Å². The lowest BCUT2D eigenvalue weighted by Gasteiger charge is -2.28. The van der Waals surface area contributed by atoms with E-state index < -0.39 is 18.0 Å². The number of carbonyl (C=O) groups is 2. The van der Waals surface area contributed by atoms with E-state index in [9.17, 15) is 9.59 Å². The molecule has 0 aromatic heterocycles. The van der Waals surface area contributed by atoms with Crippen LogP contribution in [0.25, 0.3) is 0 Å². The van der Waals surface area contributed by atoms with Gasteiger partial charge >= 0.3 is 11.9 Å². The molecule has 0 fully saturated rings. The topological polar surface area (TPSA) is 80.3 Å². The molecule has 3 atom stereocenters. The Hall–Kier alpha value is -2.64. The number of hydrogen-bond acceptors (Lipinski definition) is 7. The summed E-state index contributed by atoms with van der Waals surface area (Å²) in [7, 11) is 4.41. The Kier molecular flexibility index (Phi) is 10.3. The van der Waals surface area contributed by atoms with Crippen LogP contribution in [0.3, 0.4) is 0 Å². The molecule has 31 heavy (non-hydrogen) atoms. The maximum atomic E-state index is 13.2. The van der Waals surface area contributed by atoms with Gasteiger partial charge in [-0.25, -0.2) is 9.59 Å². The summed E-state index contributed by atoms with van der Waals surface area (Å²) in [5.74, 6) is -0.271. The second kappa shape index (κ2) is 12.9. The first-order valence-electron chi connectivity index (χ1n) is 10.4. The maximum Gasteiger partial charge on any atom is 0.342 e. The van der Waals surface area contributed by atoms with Crippen molar-refractivity contribution >= 4 is 11.9 Å². The fourth-order valence-corrected chi connectivity index (χ4v) is 3.49. The summed E-state index contributed by atoms with van der Waals surface area (Å²) in [4.78, 5) is 24.6. The molecule has 0 radical (unpaired) electrons. The van der Waals surface area contributed by atoms with Crippen molar-refractivity contribution in [3.8, 4) is 5.75 Å². The summed E-state index contributed by atoms with van der Waals surface area (Å²) in [5.41, 5.74) is 1.25. The van der Waals surface area contributed by atoms with Crippen LogP contribution in [-0.4, -0.2) is 52.3 Å². The molecule has 0 spiro atoms. The van der Waals surface area contributed by atoms with E-state index in [0.29, 0.717) is 30.6 Å². The molecule has 1 aromatic carbocycles. The third kappa shape index (κ3) is 7.52. The van der Waals surface area contributed by atoms with Crippen LogP contribution >= 0.6 is 0 Å². The summed E-state index contributed by atoms with van der Waals surface area (Å²) in [6.07, 6.45) is 8.65. The highest BCUT2D eigenvalue weighted by molar-refractivity contribution is 5.94. The number of esters is 2. The van der Waals surface area contributed by atoms with Crippen LogP contribution in [0.5, 0.6) is 5.75 Å². The first-order valence-corrected chi connectivity index (χ1v) is 10.4. The molecular weight excluding hydrogens is 400 g/mol. The maximum absolute atomic E-state index is 13.2. The lowest BCUT2D eigenvalue weighted by molar-refractivity contribution is -0.134. The Balaban J connectivity index is 2.36. The van der Waals surface area contributed by atoms with Gasteiger partial charge in [0.25, 0.3) is 0 Å². The van der Waals surface area contributed by atoms with Gasteiger partial charge in [0, 0.05) is 26.0 Å². The first kappa shape index (κ1) is 24.6. The quantitative estimate of drug-likeness (QED) is 0.280. The minimum absolute atomic E-state index is 0.147. The van der Waals surface area contributed by atoms with Crippen LogP contribution in [0.15, 0.2) is 42.5 Å². The molecule has 0 bridgehead atoms. The first-order chi connectivity index (χ1) is 15.0. The van der Waals surface area contributed by atoms with Gasteiger partial charge in [-0.2, -0.15) is 0 Å². The molecule has 7 heteroatoms. The minimum atomic E-state index is -0.501. The number of ether oxygens (including phenoxy) is 5. The zero-order valence-electron chi connectivity index (χ0n) is 18.7. The number of rotatable bonds is 7. The number of benzene rings is 1. The molecule has 170 valence electrons. The van der Waals surface area contributed by atoms with Crippen molar-refractivity contribution < 1.29 is 33.3 Å². The van der Waals surface area contributed by atoms with Crippen molar-refractivity contribution in [1.82, 2.24) is 0 Å². The average Bonchev–Trinajstić information content (AvgIpc) is 2.77. The highest BCUT2D eigenvalue weighted by Crippen LogP contribution is 2.28. The van der Waals surface area contributed by atoms with Crippen LogP contribution in [0, 0.1) is 5.92 Å². The Morgan fingerprint density at radius 1 is 1.23 bits per heavy atom. The van der Waals surface area contributed by atoms with E-state index in [0.717, 1.165) is 12.0 Å². The molecule has 0 saturated heterocycles. The molecule has 1 heterocycles. The van der Waals surface area contributed by atoms with Gasteiger partial charge in [0.2, 0.25) is 0 Å². The van der Waals surface area contributed by atoms with E-state index in [-0.39, 0.29) is 18.8 Å². The zero-order chi connectivity index (χ0) is 22.6. The van der Waals surface area contributed by atoms with Crippen LogP contribution in [0.4, 0.5) is 0 Å². The number of carbonyl (C=O) groups excluding carboxylic acids is 2. The van der Waals surface area contributed by atoms with Gasteiger partial charge in [0.15, 0.2) is 0 Å². The van der Waals surface area contributed by atoms with E-state index in [1.807, 2.05) is 18.2 Å². The van der Waals surface area contributed by atoms with Crippen molar-refractivity contribution in [3.63, 3.8) is 0 Å². The smallest absolute Gasteiger partial charge is 0.342 e. The van der Waals surface area contributed by atoms with Gasteiger partial charge in [0.1, 0.15) is 24.2 Å². The van der Waals surface area contributed by atoms with E-state index in [2.05, 4.69) is 17.7 Å². The number of methoxy groups -OCH3 is 3. The molecule has 1 unspecified atom stereocenters. The van der Waals surface area contributed by atoms with Crippen molar-refractivity contribution in [2.45, 2.75) is 44.8 Å². The van der Waals surface area contributed by atoms with Gasteiger partial charge in [-0.3, -0.25) is 0 Å². The normalized spacial score (nSPS) is 23.2. The fourth-order valence-electron chi connectivity index (χ4n) is 3.49. The van der Waals surface area contributed by atoms with E-state index in [1.165, 1.54) is 20.3 Å². The number of hydrogen-bond donors (Lipinski definition) is 0. The Morgan fingerprint density at radius 2 is 2.03 bits per heavy atom. The largest absolute Gasteiger partial charge is 0.496 e. The van der Waals surface area contributed by atoms with Crippen LogP contribution in [0.1, 0.15) is 42.1 Å². The molecule has 1 aliphatic rings. The monoisotopic (exact) mass is 432 g/mol. The molecule has 1 aliphatic heterocycles. The Labute approximate surface area is 184 Å². The van der Waals surface area contributed by atoms with Gasteiger partial charge in [-0.05, 0) is 30.4 Å². The molecule has 0 saturated carbocycles. The molecular formula is C24H32O7. The fraction of sp³-hybridized carbons (Fsp3) is 0.500. The van der Waals surface area contributed by atoms with Crippen LogP contribution in [0.2, 0.25) is 0 Å². The van der Waals surface area contributed by atoms with Crippen molar-refractivity contribution in [3.05, 3.63) is 53.6 Å². The number of fused-ring (bicyclic) bond motifs is 1. The molecule has 7 nitrogen and oxygen atoms in total. The SMILES string of the molecule is COCO[C@@H]1CC(CC=CC(=O)OC)OC(=O)c2c(cccc2OC)C/C=C/C[C@@H]1C. The van der Waals surface area contributed by atoms with E-state index in [4.69, 9.17) is 18.9 Å². The third-order valence-electron chi connectivity index (χ3n) is 5.21. The van der Waals surface area contributed by atoms with E-state index in [1.54, 1.807) is 19.3 Å². The Morgan fingerprint density at radius 3 is 2.74 bits per heavy atom. The van der Waals surface area contributed by atoms with Gasteiger partial charge in [0.05, 0.1) is 20.3 Å². The second-order valence-electron chi connectivity index (χ2n) is 7.42. The summed E-state index contributed by atoms with van der Waals surface area (Å²) in [6.45, 7) is 2.24. The predicted molar refractivity (Wildman–Crippen MR) is 116 cm³/mol. The van der Waals surface area contributed by atoms with Gasteiger partial charge < -0.3 is 23.7 Å². The van der Waals surface area contributed by atoms with E-state index >= 15 is 0 Å². The number of cyclic esters (lactones) is 1. The molecule has 0 N–H and O–H groups in total. The van der Waals surface area contributed by atoms with Crippen molar-refractivity contribution in [2.75, 3.05) is 28.1 Å². The highest BCUT2D eigenvalue weighted by Gasteiger charge is 2.27. The molecule has 0 aliphatic carbocycles. The lowest BCUT2D eigenvalue weighted by Crippen LogP contribution is -2.31. The molecule has 1 aromatic rings. The predicted octanol–water partition coefficient (Wildman–Crippen LogP) is 3.86. The second-order valence-corrected chi connectivity index (χ2v) is 7.42. The average molecular weight is 433 g/mol. The van der Waals surface area contributed by atoms with Gasteiger partial charge in [-0.15, -0.1) is 0 Å². The summed E-state index contributed by atoms with van der Waals surface area (Å²) < 4.78 is 26.9. The summed E-state index contributed by atoms with van der Waals surface area (Å²) in [5, 5.41) is 0. The lowest BCUT2D eigenvalue weighted by atomic mass is 9.93. The molecule has 0 amide bonds. The third-order valence-corrected chi connectivity index (χ3v) is 5.21. The molecule has 2 rings (SSSR count). The van der Waals surface area contributed by atoms with Gasteiger partial charge in [-0.1, -0.05) is 37.3 Å².